The first-order valence-corrected chi connectivity index (χ1v) is 8.53. The van der Waals surface area contributed by atoms with Crippen molar-refractivity contribution in [3.8, 4) is 11.5 Å². The van der Waals surface area contributed by atoms with Gasteiger partial charge in [0.05, 0.1) is 5.56 Å². The Bertz CT molecular complexity index is 958. The lowest BCUT2D eigenvalue weighted by Crippen LogP contribution is -2.18. The number of carbonyl (C=O) groups is 1. The van der Waals surface area contributed by atoms with Crippen LogP contribution in [0.25, 0.3) is 6.08 Å². The van der Waals surface area contributed by atoms with Crippen LogP contribution in [0, 0.1) is 0 Å². The summed E-state index contributed by atoms with van der Waals surface area (Å²) in [5.74, 6) is 1.44. The molecule has 0 saturated carbocycles. The van der Waals surface area contributed by atoms with Crippen molar-refractivity contribution in [3.05, 3.63) is 101 Å². The van der Waals surface area contributed by atoms with Crippen LogP contribution in [0.3, 0.4) is 0 Å². The Balaban J connectivity index is 1.52. The zero-order valence-corrected chi connectivity index (χ0v) is 14.2. The topological polar surface area (TPSA) is 35.5 Å². The monoisotopic (exact) mass is 342 g/mol. The minimum atomic E-state index is 0.0162. The number of para-hydroxylation sites is 1. The Kier molecular flexibility index (Phi) is 4.52. The van der Waals surface area contributed by atoms with Crippen molar-refractivity contribution in [1.82, 2.24) is 0 Å². The fourth-order valence-corrected chi connectivity index (χ4v) is 2.92. The molecule has 3 heteroatoms. The number of hydrogen-bond donors (Lipinski definition) is 0. The van der Waals surface area contributed by atoms with Crippen LogP contribution in [0.1, 0.15) is 21.5 Å². The van der Waals surface area contributed by atoms with E-state index in [1.807, 2.05) is 78.9 Å². The summed E-state index contributed by atoms with van der Waals surface area (Å²) in [4.78, 5) is 12.6. The van der Waals surface area contributed by atoms with Crippen molar-refractivity contribution in [3.63, 3.8) is 0 Å². The number of ketones is 1. The summed E-state index contributed by atoms with van der Waals surface area (Å²) in [6.45, 7) is 0.793. The number of benzene rings is 3. The van der Waals surface area contributed by atoms with Gasteiger partial charge in [0.1, 0.15) is 24.7 Å². The first kappa shape index (κ1) is 16.2. The van der Waals surface area contributed by atoms with Crippen LogP contribution in [0.5, 0.6) is 11.5 Å². The van der Waals surface area contributed by atoms with Gasteiger partial charge in [-0.1, -0.05) is 54.6 Å². The third kappa shape index (κ3) is 3.52. The molecule has 3 aromatic rings. The number of carbonyl (C=O) groups excluding carboxylic acids is 1. The first-order chi connectivity index (χ1) is 12.8. The molecule has 0 amide bonds. The Hall–Kier alpha value is -3.33. The highest BCUT2D eigenvalue weighted by Gasteiger charge is 2.22. The molecule has 0 fully saturated rings. The summed E-state index contributed by atoms with van der Waals surface area (Å²) in [6.07, 6.45) is 1.87. The molecule has 0 atom stereocenters. The first-order valence-electron chi connectivity index (χ1n) is 8.53. The average molecular weight is 342 g/mol. The maximum atomic E-state index is 12.6. The zero-order valence-electron chi connectivity index (χ0n) is 14.2. The number of hydrogen-bond acceptors (Lipinski definition) is 3. The molecule has 0 radical (unpaired) electrons. The summed E-state index contributed by atoms with van der Waals surface area (Å²) in [5, 5.41) is 0. The van der Waals surface area contributed by atoms with Gasteiger partial charge in [-0.3, -0.25) is 4.79 Å². The van der Waals surface area contributed by atoms with E-state index in [2.05, 4.69) is 0 Å². The van der Waals surface area contributed by atoms with E-state index in [4.69, 9.17) is 9.47 Å². The maximum Gasteiger partial charge on any atom is 0.196 e. The summed E-state index contributed by atoms with van der Waals surface area (Å²) < 4.78 is 11.6. The molecule has 4 rings (SSSR count). The van der Waals surface area contributed by atoms with Crippen LogP contribution in [0.4, 0.5) is 0 Å². The molecule has 0 aliphatic carbocycles. The molecule has 0 saturated heterocycles. The van der Waals surface area contributed by atoms with Crippen LogP contribution < -0.4 is 9.47 Å². The van der Waals surface area contributed by atoms with Gasteiger partial charge < -0.3 is 9.47 Å². The lowest BCUT2D eigenvalue weighted by atomic mass is 9.98. The molecule has 26 heavy (non-hydrogen) atoms. The fraction of sp³-hybridized carbons (Fsp3) is 0.0870. The van der Waals surface area contributed by atoms with Crippen molar-refractivity contribution in [2.45, 2.75) is 6.61 Å². The molecule has 1 aliphatic rings. The second-order valence-electron chi connectivity index (χ2n) is 6.13. The normalized spacial score (nSPS) is 14.6. The van der Waals surface area contributed by atoms with Crippen LogP contribution >= 0.6 is 0 Å². The van der Waals surface area contributed by atoms with Crippen LogP contribution in [-0.2, 0) is 6.61 Å². The molecule has 0 N–H and O–H groups in total. The van der Waals surface area contributed by atoms with Crippen molar-refractivity contribution in [1.29, 1.82) is 0 Å². The van der Waals surface area contributed by atoms with E-state index in [0.29, 0.717) is 23.5 Å². The maximum absolute atomic E-state index is 12.6. The minimum absolute atomic E-state index is 0.0162. The van der Waals surface area contributed by atoms with E-state index >= 15 is 0 Å². The van der Waals surface area contributed by atoms with Gasteiger partial charge in [0.25, 0.3) is 0 Å². The quantitative estimate of drug-likeness (QED) is 0.631. The van der Waals surface area contributed by atoms with Gasteiger partial charge in [-0.05, 0) is 41.5 Å². The Morgan fingerprint density at radius 3 is 2.62 bits per heavy atom. The van der Waals surface area contributed by atoms with Crippen LogP contribution in [0.2, 0.25) is 0 Å². The van der Waals surface area contributed by atoms with Crippen molar-refractivity contribution >= 4 is 11.9 Å². The van der Waals surface area contributed by atoms with Crippen molar-refractivity contribution in [2.24, 2.45) is 0 Å². The fourth-order valence-electron chi connectivity index (χ4n) is 2.92. The molecule has 0 spiro atoms. The number of Topliss-reactive ketones (excluding diaryl/α,β-unsaturated/α-hetero) is 1. The average Bonchev–Trinajstić information content (AvgIpc) is 2.70. The van der Waals surface area contributed by atoms with E-state index in [1.165, 1.54) is 0 Å². The highest BCUT2D eigenvalue weighted by Crippen LogP contribution is 2.28. The molecule has 1 heterocycles. The second kappa shape index (κ2) is 7.28. The van der Waals surface area contributed by atoms with Crippen molar-refractivity contribution in [2.75, 3.05) is 6.61 Å². The molecule has 3 nitrogen and oxygen atoms in total. The molecule has 0 unspecified atom stereocenters. The van der Waals surface area contributed by atoms with Gasteiger partial charge in [-0.2, -0.15) is 0 Å². The molecular weight excluding hydrogens is 324 g/mol. The molecular formula is C23H18O3. The number of fused-ring (bicyclic) bond motifs is 1. The molecule has 3 aromatic carbocycles. The van der Waals surface area contributed by atoms with E-state index < -0.39 is 0 Å². The Labute approximate surface area is 152 Å². The van der Waals surface area contributed by atoms with E-state index in [-0.39, 0.29) is 12.4 Å². The summed E-state index contributed by atoms with van der Waals surface area (Å²) in [6, 6.07) is 25.1. The van der Waals surface area contributed by atoms with Gasteiger partial charge in [-0.25, -0.2) is 0 Å². The Morgan fingerprint density at radius 2 is 1.73 bits per heavy atom. The Morgan fingerprint density at radius 1 is 0.923 bits per heavy atom. The van der Waals surface area contributed by atoms with Crippen LogP contribution in [-0.4, -0.2) is 12.4 Å². The highest BCUT2D eigenvalue weighted by molar-refractivity contribution is 6.14. The third-order valence-electron chi connectivity index (χ3n) is 4.25. The van der Waals surface area contributed by atoms with Crippen molar-refractivity contribution < 1.29 is 14.3 Å². The van der Waals surface area contributed by atoms with Gasteiger partial charge in [0.15, 0.2) is 5.78 Å². The smallest absolute Gasteiger partial charge is 0.196 e. The highest BCUT2D eigenvalue weighted by atomic mass is 16.5. The molecule has 128 valence electrons. The largest absolute Gasteiger partial charge is 0.489 e. The minimum Gasteiger partial charge on any atom is -0.489 e. The van der Waals surface area contributed by atoms with Gasteiger partial charge in [0.2, 0.25) is 0 Å². The molecule has 1 aliphatic heterocycles. The lowest BCUT2D eigenvalue weighted by molar-refractivity contribution is 0.100. The number of rotatable bonds is 4. The molecule has 0 bridgehead atoms. The van der Waals surface area contributed by atoms with Crippen LogP contribution in [0.15, 0.2) is 84.4 Å². The van der Waals surface area contributed by atoms with Gasteiger partial charge in [0, 0.05) is 5.57 Å². The summed E-state index contributed by atoms with van der Waals surface area (Å²) in [7, 11) is 0. The van der Waals surface area contributed by atoms with Gasteiger partial charge >= 0.3 is 0 Å². The van der Waals surface area contributed by atoms with E-state index in [1.54, 1.807) is 6.07 Å². The summed E-state index contributed by atoms with van der Waals surface area (Å²) >= 11 is 0. The SMILES string of the molecule is O=C1C(=Cc2cccc(OCc3ccccc3)c2)COc2ccccc21. The number of ether oxygens (including phenoxy) is 2. The third-order valence-corrected chi connectivity index (χ3v) is 4.25. The van der Waals surface area contributed by atoms with E-state index in [9.17, 15) is 4.79 Å². The summed E-state index contributed by atoms with van der Waals surface area (Å²) in [5.41, 5.74) is 3.29. The predicted octanol–water partition coefficient (Wildman–Crippen LogP) is 4.92. The predicted molar refractivity (Wildman–Crippen MR) is 101 cm³/mol. The van der Waals surface area contributed by atoms with E-state index in [0.717, 1.165) is 16.9 Å². The van der Waals surface area contributed by atoms with Gasteiger partial charge in [-0.15, -0.1) is 0 Å². The molecule has 0 aromatic heterocycles. The zero-order chi connectivity index (χ0) is 17.8. The standard InChI is InChI=1S/C23H18O3/c24-23-19(16-26-22-12-5-4-11-21(22)23)13-18-9-6-10-20(14-18)25-15-17-7-2-1-3-8-17/h1-14H,15-16H2. The lowest BCUT2D eigenvalue weighted by Gasteiger charge is -2.18. The second-order valence-corrected chi connectivity index (χ2v) is 6.13.